The van der Waals surface area contributed by atoms with E-state index in [1.165, 1.54) is 295 Å². The minimum Gasteiger partial charge on any atom is -0.378 e. The normalized spacial score (nSPS) is 44.0. The Kier molecular flexibility index (Phi) is 27.5. The van der Waals surface area contributed by atoms with Crippen molar-refractivity contribution in [2.75, 3.05) is 26.4 Å². The van der Waals surface area contributed by atoms with Gasteiger partial charge in [0.25, 0.3) is 0 Å². The Morgan fingerprint density at radius 1 is 0.228 bits per heavy atom. The van der Waals surface area contributed by atoms with Crippen LogP contribution in [0.1, 0.15) is 351 Å². The molecule has 0 amide bonds. The van der Waals surface area contributed by atoms with Crippen LogP contribution in [-0.4, -0.2) is 143 Å². The van der Waals surface area contributed by atoms with Gasteiger partial charge in [-0.05, 0) is 329 Å². The fourth-order valence-corrected chi connectivity index (χ4v) is 24.8. The Labute approximate surface area is 568 Å². The third-order valence-corrected chi connectivity index (χ3v) is 29.9. The van der Waals surface area contributed by atoms with Gasteiger partial charge in [0.05, 0.1) is 24.4 Å². The van der Waals surface area contributed by atoms with E-state index in [1.807, 2.05) is 0 Å². The van der Waals surface area contributed by atoms with Crippen LogP contribution in [0, 0.1) is 59.2 Å². The van der Waals surface area contributed by atoms with Crippen LogP contribution in [0.5, 0.6) is 0 Å². The molecule has 12 fully saturated rings. The number of rotatable bonds is 28. The molecule has 0 spiro atoms. The van der Waals surface area contributed by atoms with Crippen LogP contribution < -0.4 is 0 Å². The molecule has 8 atom stereocenters. The van der Waals surface area contributed by atoms with E-state index in [9.17, 15) is 0 Å². The lowest BCUT2D eigenvalue weighted by Gasteiger charge is -2.69. The smallest absolute Gasteiger partial charge is 0.0576 e. The minimum absolute atomic E-state index is 0.475. The van der Waals surface area contributed by atoms with E-state index in [2.05, 4.69) is 75.0 Å². The molecule has 12 aliphatic carbocycles. The second-order valence-electron chi connectivity index (χ2n) is 35.8. The van der Waals surface area contributed by atoms with Gasteiger partial charge in [0.2, 0.25) is 0 Å². The van der Waals surface area contributed by atoms with E-state index in [0.717, 1.165) is 158 Å². The molecule has 530 valence electrons. The van der Waals surface area contributed by atoms with Gasteiger partial charge >= 0.3 is 0 Å². The van der Waals surface area contributed by atoms with Crippen LogP contribution in [0.3, 0.4) is 0 Å². The summed E-state index contributed by atoms with van der Waals surface area (Å²) in [4.78, 5) is 14.2. The van der Waals surface area contributed by atoms with Gasteiger partial charge in [0.1, 0.15) is 0 Å². The Bertz CT molecular complexity index is 1760. The van der Waals surface area contributed by atoms with Crippen molar-refractivity contribution in [1.29, 1.82) is 0 Å². The quantitative estimate of drug-likeness (QED) is 0.0719. The number of ether oxygens (including phenoxy) is 4. The Balaban J connectivity index is 0.971. The topological polar surface area (TPSA) is 49.9 Å². The first kappa shape index (κ1) is 71.5. The van der Waals surface area contributed by atoms with E-state index in [0.29, 0.717) is 24.4 Å². The van der Waals surface area contributed by atoms with Gasteiger partial charge in [-0.15, -0.1) is 0 Å². The Morgan fingerprint density at radius 3 is 0.576 bits per heavy atom. The van der Waals surface area contributed by atoms with Crippen molar-refractivity contribution in [1.82, 2.24) is 19.6 Å². The molecule has 8 nitrogen and oxygen atoms in total. The zero-order valence-corrected chi connectivity index (χ0v) is 61.8. The van der Waals surface area contributed by atoms with Crippen molar-refractivity contribution in [3.63, 3.8) is 0 Å². The molecule has 12 saturated carbocycles. The molecule has 0 saturated heterocycles. The maximum Gasteiger partial charge on any atom is 0.0576 e. The van der Waals surface area contributed by atoms with E-state index in [4.69, 9.17) is 18.9 Å². The highest BCUT2D eigenvalue weighted by Crippen LogP contribution is 2.65. The van der Waals surface area contributed by atoms with Gasteiger partial charge in [-0.3, -0.25) is 19.6 Å². The lowest BCUT2D eigenvalue weighted by atomic mass is 9.44. The van der Waals surface area contributed by atoms with E-state index in [1.54, 1.807) is 0 Å². The molecule has 0 aromatic carbocycles. The summed E-state index contributed by atoms with van der Waals surface area (Å²) in [5.74, 6) is 8.60. The van der Waals surface area contributed by atoms with Crippen molar-refractivity contribution in [3.05, 3.63) is 0 Å². The predicted octanol–water partition coefficient (Wildman–Crippen LogP) is 20.6. The molecule has 0 aromatic rings. The highest BCUT2D eigenvalue weighted by Gasteiger charge is 2.64. The molecule has 0 N–H and O–H groups in total. The van der Waals surface area contributed by atoms with Gasteiger partial charge in [0, 0.05) is 98.9 Å². The van der Waals surface area contributed by atoms with Gasteiger partial charge in [-0.1, -0.05) is 81.1 Å². The summed E-state index contributed by atoms with van der Waals surface area (Å²) in [5, 5.41) is 0. The van der Waals surface area contributed by atoms with Crippen molar-refractivity contribution in [2.24, 2.45) is 59.2 Å². The van der Waals surface area contributed by atoms with Crippen LogP contribution in [0.15, 0.2) is 0 Å². The van der Waals surface area contributed by atoms with Crippen LogP contribution in [0.4, 0.5) is 0 Å². The SMILES string of the molecule is CCCCOC1CCC(N(C2CCC(C)CC2)C2CC(N(C3CCC(C)CC3)C3CCC(OCCCC)CC3)C3CCC4C5C(CCC2C35)C(N(C2CCC(C)CC2)C2CCC(OCCCC)CC2)CC4N(C2CCC(C)CC2)C2CCC(OCCCC)CC2)CC1. The van der Waals surface area contributed by atoms with Crippen molar-refractivity contribution >= 4 is 0 Å². The van der Waals surface area contributed by atoms with Gasteiger partial charge in [-0.2, -0.15) is 0 Å². The van der Waals surface area contributed by atoms with Gasteiger partial charge in [0.15, 0.2) is 0 Å². The van der Waals surface area contributed by atoms with Crippen molar-refractivity contribution in [2.45, 2.75) is 448 Å². The molecule has 0 radical (unpaired) electrons. The van der Waals surface area contributed by atoms with Crippen LogP contribution >= 0.6 is 0 Å². The standard InChI is InChI=1S/C84H150N4O4/c1-9-13-53-89-71-41-33-67(34-42-71)85(63-25-17-59(5)18-26-63)79-57-80(86(64-27-19-60(6)20-28-64)68-35-43-72(44-36-68)90-54-14-10-2)76-51-52-78-82(88(66-31-23-62(8)24-32-66)70-39-47-74(48-40-70)92-56-16-12-4)58-81(77-50-49-75(79)83(76)84(77)78)87(65-29-21-61(7)22-30-65)69-37-45-73(46-38-69)91-55-15-11-3/h59-84H,9-58H2,1-8H3. The summed E-state index contributed by atoms with van der Waals surface area (Å²) >= 11 is 0. The fourth-order valence-electron chi connectivity index (χ4n) is 24.8. The molecule has 0 aromatic heterocycles. The lowest BCUT2D eigenvalue weighted by molar-refractivity contribution is -0.198. The second-order valence-corrected chi connectivity index (χ2v) is 35.8. The molecular weight excluding hydrogens is 1130 g/mol. The first-order chi connectivity index (χ1) is 45.1. The molecule has 8 unspecified atom stereocenters. The first-order valence-corrected chi connectivity index (χ1v) is 42.7. The largest absolute Gasteiger partial charge is 0.378 e. The third-order valence-electron chi connectivity index (χ3n) is 29.9. The molecule has 0 aliphatic heterocycles. The van der Waals surface area contributed by atoms with Crippen LogP contribution in [0.2, 0.25) is 0 Å². The number of hydrogen-bond donors (Lipinski definition) is 0. The zero-order valence-electron chi connectivity index (χ0n) is 61.8. The molecule has 0 heterocycles. The van der Waals surface area contributed by atoms with Crippen LogP contribution in [-0.2, 0) is 18.9 Å². The van der Waals surface area contributed by atoms with Gasteiger partial charge < -0.3 is 18.9 Å². The zero-order chi connectivity index (χ0) is 63.5. The third kappa shape index (κ3) is 17.3. The second kappa shape index (κ2) is 35.3. The molecule has 12 rings (SSSR count). The summed E-state index contributed by atoms with van der Waals surface area (Å²) in [5.41, 5.74) is 0. The highest BCUT2D eigenvalue weighted by molar-refractivity contribution is 5.17. The molecule has 0 bridgehead atoms. The van der Waals surface area contributed by atoms with E-state index in [-0.39, 0.29) is 0 Å². The summed E-state index contributed by atoms with van der Waals surface area (Å²) in [7, 11) is 0. The molecule has 8 heteroatoms. The van der Waals surface area contributed by atoms with E-state index < -0.39 is 0 Å². The average molecular weight is 1280 g/mol. The lowest BCUT2D eigenvalue weighted by Crippen LogP contribution is -2.72. The van der Waals surface area contributed by atoms with Gasteiger partial charge in [-0.25, -0.2) is 0 Å². The Morgan fingerprint density at radius 2 is 0.402 bits per heavy atom. The highest BCUT2D eigenvalue weighted by atomic mass is 16.5. The summed E-state index contributed by atoms with van der Waals surface area (Å²) < 4.78 is 27.2. The maximum atomic E-state index is 6.80. The molecule has 12 aliphatic rings. The number of hydrogen-bond acceptors (Lipinski definition) is 8. The predicted molar refractivity (Wildman–Crippen MR) is 384 cm³/mol. The number of nitrogens with zero attached hydrogens (tertiary/aromatic N) is 4. The van der Waals surface area contributed by atoms with E-state index >= 15 is 0 Å². The summed E-state index contributed by atoms with van der Waals surface area (Å²) in [6.07, 6.45) is 65.2. The first-order valence-electron chi connectivity index (χ1n) is 42.7. The van der Waals surface area contributed by atoms with Crippen molar-refractivity contribution in [3.8, 4) is 0 Å². The number of unbranched alkanes of at least 4 members (excludes halogenated alkanes) is 4. The average Bonchev–Trinajstić information content (AvgIpc) is 0.704. The fraction of sp³-hybridized carbons (Fsp3) is 1.00. The maximum absolute atomic E-state index is 6.80. The van der Waals surface area contributed by atoms with Crippen LogP contribution in [0.25, 0.3) is 0 Å². The summed E-state index contributed by atoms with van der Waals surface area (Å²) in [6, 6.07) is 8.81. The Hall–Kier alpha value is -0.320. The minimum atomic E-state index is 0.475. The monoisotopic (exact) mass is 1280 g/mol. The van der Waals surface area contributed by atoms with Crippen molar-refractivity contribution < 1.29 is 18.9 Å². The molecule has 92 heavy (non-hydrogen) atoms. The molecular formula is C84H150N4O4. The summed E-state index contributed by atoms with van der Waals surface area (Å²) in [6.45, 7) is 23.7.